The van der Waals surface area contributed by atoms with Crippen molar-refractivity contribution in [2.45, 2.75) is 0 Å². The summed E-state index contributed by atoms with van der Waals surface area (Å²) in [6.07, 6.45) is 0. The summed E-state index contributed by atoms with van der Waals surface area (Å²) in [6, 6.07) is 72.8. The standard InChI is InChI=1S/C53H34N4/c1-2-14-35(15-3-1)37-26-29-39(30-27-37)51-54-52(41-31-28-36-16-4-5-18-40(36)34-41)56-53(55-51)45-22-9-8-20-43(45)44-21-10-12-24-47(44)57-48-25-13-11-23-46(48)50-42-19-7-6-17-38(42)32-33-49(50)57/h1-34H. The predicted octanol–water partition coefficient (Wildman–Crippen LogP) is 13.6. The van der Waals surface area contributed by atoms with Gasteiger partial charge in [-0.2, -0.15) is 0 Å². The van der Waals surface area contributed by atoms with E-state index in [9.17, 15) is 0 Å². The van der Waals surface area contributed by atoms with Crippen molar-refractivity contribution in [2.24, 2.45) is 0 Å². The maximum atomic E-state index is 5.25. The van der Waals surface area contributed by atoms with Gasteiger partial charge >= 0.3 is 0 Å². The van der Waals surface area contributed by atoms with Gasteiger partial charge in [-0.25, -0.2) is 15.0 Å². The Morgan fingerprint density at radius 2 is 0.842 bits per heavy atom. The van der Waals surface area contributed by atoms with Gasteiger partial charge in [0, 0.05) is 33.0 Å². The summed E-state index contributed by atoms with van der Waals surface area (Å²) in [5, 5.41) is 7.28. The van der Waals surface area contributed by atoms with Gasteiger partial charge in [0.05, 0.1) is 16.7 Å². The maximum Gasteiger partial charge on any atom is 0.164 e. The van der Waals surface area contributed by atoms with Crippen molar-refractivity contribution in [3.05, 3.63) is 206 Å². The zero-order chi connectivity index (χ0) is 37.7. The van der Waals surface area contributed by atoms with E-state index < -0.39 is 0 Å². The molecule has 2 aromatic heterocycles. The highest BCUT2D eigenvalue weighted by atomic mass is 15.0. The molecule has 11 aromatic rings. The highest BCUT2D eigenvalue weighted by Crippen LogP contribution is 2.41. The van der Waals surface area contributed by atoms with E-state index in [1.807, 2.05) is 6.07 Å². The van der Waals surface area contributed by atoms with Crippen LogP contribution in [0.5, 0.6) is 0 Å². The van der Waals surface area contributed by atoms with E-state index in [1.165, 1.54) is 38.0 Å². The van der Waals surface area contributed by atoms with Crippen molar-refractivity contribution in [2.75, 3.05) is 0 Å². The molecule has 0 aliphatic carbocycles. The van der Waals surface area contributed by atoms with Gasteiger partial charge in [-0.3, -0.25) is 0 Å². The topological polar surface area (TPSA) is 43.6 Å². The minimum atomic E-state index is 0.619. The number of para-hydroxylation sites is 2. The Hall–Kier alpha value is -7.69. The molecule has 0 saturated carbocycles. The van der Waals surface area contributed by atoms with Crippen molar-refractivity contribution in [3.8, 4) is 62.1 Å². The molecule has 266 valence electrons. The van der Waals surface area contributed by atoms with Crippen LogP contribution >= 0.6 is 0 Å². The van der Waals surface area contributed by atoms with E-state index in [1.54, 1.807) is 0 Å². The first-order valence-corrected chi connectivity index (χ1v) is 19.3. The largest absolute Gasteiger partial charge is 0.309 e. The lowest BCUT2D eigenvalue weighted by Crippen LogP contribution is -2.02. The molecular weight excluding hydrogens is 693 g/mol. The number of hydrogen-bond acceptors (Lipinski definition) is 3. The SMILES string of the molecule is c1ccc(-c2ccc(-c3nc(-c4ccc5ccccc5c4)nc(-c4ccccc4-c4ccccc4-n4c5ccccc5c5c6ccccc6ccc54)n3)cc2)cc1. The molecule has 4 heteroatoms. The van der Waals surface area contributed by atoms with Crippen LogP contribution in [0.2, 0.25) is 0 Å². The monoisotopic (exact) mass is 726 g/mol. The molecule has 0 amide bonds. The molecule has 0 atom stereocenters. The molecule has 2 heterocycles. The van der Waals surface area contributed by atoms with E-state index >= 15 is 0 Å². The first-order valence-electron chi connectivity index (χ1n) is 19.3. The third kappa shape index (κ3) is 5.66. The summed E-state index contributed by atoms with van der Waals surface area (Å²) in [5.74, 6) is 1.87. The predicted molar refractivity (Wildman–Crippen MR) is 236 cm³/mol. The van der Waals surface area contributed by atoms with Crippen molar-refractivity contribution in [1.29, 1.82) is 0 Å². The first-order chi connectivity index (χ1) is 28.3. The Kier molecular flexibility index (Phi) is 7.78. The fourth-order valence-corrected chi connectivity index (χ4v) is 8.33. The van der Waals surface area contributed by atoms with Crippen molar-refractivity contribution >= 4 is 43.4 Å². The minimum absolute atomic E-state index is 0.619. The van der Waals surface area contributed by atoms with E-state index in [2.05, 4.69) is 205 Å². The minimum Gasteiger partial charge on any atom is -0.309 e. The Bertz CT molecular complexity index is 3290. The highest BCUT2D eigenvalue weighted by molar-refractivity contribution is 6.21. The second kappa shape index (κ2) is 13.6. The van der Waals surface area contributed by atoms with Crippen LogP contribution in [0.1, 0.15) is 0 Å². The Balaban J connectivity index is 1.12. The number of rotatable bonds is 6. The van der Waals surface area contributed by atoms with Crippen LogP contribution in [0.15, 0.2) is 206 Å². The quantitative estimate of drug-likeness (QED) is 0.171. The van der Waals surface area contributed by atoms with Crippen LogP contribution in [0, 0.1) is 0 Å². The number of benzene rings is 9. The summed E-state index contributed by atoms with van der Waals surface area (Å²) in [7, 11) is 0. The lowest BCUT2D eigenvalue weighted by Gasteiger charge is -2.17. The molecule has 0 bridgehead atoms. The van der Waals surface area contributed by atoms with Crippen LogP contribution in [0.25, 0.3) is 105 Å². The van der Waals surface area contributed by atoms with Gasteiger partial charge < -0.3 is 4.57 Å². The van der Waals surface area contributed by atoms with Gasteiger partial charge in [-0.15, -0.1) is 0 Å². The van der Waals surface area contributed by atoms with Crippen LogP contribution in [-0.2, 0) is 0 Å². The van der Waals surface area contributed by atoms with E-state index in [-0.39, 0.29) is 0 Å². The summed E-state index contributed by atoms with van der Waals surface area (Å²) in [6.45, 7) is 0. The molecular formula is C53H34N4. The summed E-state index contributed by atoms with van der Waals surface area (Å²) in [5.41, 5.74) is 10.7. The highest BCUT2D eigenvalue weighted by Gasteiger charge is 2.21. The summed E-state index contributed by atoms with van der Waals surface area (Å²) in [4.78, 5) is 15.6. The van der Waals surface area contributed by atoms with Crippen LogP contribution in [-0.4, -0.2) is 19.5 Å². The smallest absolute Gasteiger partial charge is 0.164 e. The molecule has 11 rings (SSSR count). The molecule has 0 radical (unpaired) electrons. The molecule has 57 heavy (non-hydrogen) atoms. The van der Waals surface area contributed by atoms with Gasteiger partial charge in [-0.05, 0) is 62.5 Å². The second-order valence-corrected chi connectivity index (χ2v) is 14.4. The van der Waals surface area contributed by atoms with Crippen LogP contribution in [0.3, 0.4) is 0 Å². The van der Waals surface area contributed by atoms with Gasteiger partial charge in [0.2, 0.25) is 0 Å². The van der Waals surface area contributed by atoms with Gasteiger partial charge in [0.25, 0.3) is 0 Å². The number of fused-ring (bicyclic) bond motifs is 6. The normalized spacial score (nSPS) is 11.5. The Morgan fingerprint density at radius 3 is 1.67 bits per heavy atom. The maximum absolute atomic E-state index is 5.25. The van der Waals surface area contributed by atoms with E-state index in [0.29, 0.717) is 17.5 Å². The van der Waals surface area contributed by atoms with Crippen LogP contribution in [0.4, 0.5) is 0 Å². The first kappa shape index (κ1) is 32.7. The van der Waals surface area contributed by atoms with E-state index in [0.717, 1.165) is 50.0 Å². The molecule has 0 N–H and O–H groups in total. The summed E-state index contributed by atoms with van der Waals surface area (Å²) < 4.78 is 2.41. The van der Waals surface area contributed by atoms with Crippen molar-refractivity contribution in [1.82, 2.24) is 19.5 Å². The molecule has 0 fully saturated rings. The van der Waals surface area contributed by atoms with Gasteiger partial charge in [-0.1, -0.05) is 182 Å². The molecule has 0 aliphatic rings. The fraction of sp³-hybridized carbons (Fsp3) is 0. The zero-order valence-corrected chi connectivity index (χ0v) is 30.9. The lowest BCUT2D eigenvalue weighted by atomic mass is 9.97. The van der Waals surface area contributed by atoms with Crippen molar-refractivity contribution < 1.29 is 0 Å². The Morgan fingerprint density at radius 1 is 0.298 bits per heavy atom. The average Bonchev–Trinajstić information content (AvgIpc) is 3.64. The average molecular weight is 727 g/mol. The zero-order valence-electron chi connectivity index (χ0n) is 30.9. The number of hydrogen-bond donors (Lipinski definition) is 0. The van der Waals surface area contributed by atoms with Crippen LogP contribution < -0.4 is 0 Å². The third-order valence-electron chi connectivity index (χ3n) is 11.1. The third-order valence-corrected chi connectivity index (χ3v) is 11.1. The molecule has 0 spiro atoms. The molecule has 0 saturated heterocycles. The van der Waals surface area contributed by atoms with Crippen molar-refractivity contribution in [3.63, 3.8) is 0 Å². The van der Waals surface area contributed by atoms with E-state index in [4.69, 9.17) is 15.0 Å². The number of nitrogens with zero attached hydrogens (tertiary/aromatic N) is 4. The van der Waals surface area contributed by atoms with Gasteiger partial charge in [0.1, 0.15) is 0 Å². The molecule has 0 unspecified atom stereocenters. The summed E-state index contributed by atoms with van der Waals surface area (Å²) >= 11 is 0. The molecule has 4 nitrogen and oxygen atoms in total. The number of aromatic nitrogens is 4. The molecule has 0 aliphatic heterocycles. The molecule has 9 aromatic carbocycles. The fourth-order valence-electron chi connectivity index (χ4n) is 8.33. The lowest BCUT2D eigenvalue weighted by molar-refractivity contribution is 1.07. The van der Waals surface area contributed by atoms with Gasteiger partial charge in [0.15, 0.2) is 17.5 Å². The second-order valence-electron chi connectivity index (χ2n) is 14.4. The Labute approximate surface area is 330 Å².